The van der Waals surface area contributed by atoms with E-state index < -0.39 is 6.04 Å². The molecule has 1 saturated heterocycles. The zero-order valence-electron chi connectivity index (χ0n) is 18.3. The number of methoxy groups -OCH3 is 1. The lowest BCUT2D eigenvalue weighted by molar-refractivity contribution is -0.139. The summed E-state index contributed by atoms with van der Waals surface area (Å²) in [6, 6.07) is 5.51. The number of carbonyl (C=O) groups is 2. The standard InChI is InChI=1S/C23H30N4O4/c1-13(2)24-22(30)26-10-23(11-26)12-27(21(29)14-4-5-14)18(9-28)20-19(23)16-7-6-15(31-3)8-17(16)25-20/h6-8,13-14,18,25,28H,4-5,9-12H2,1-3H3,(H,24,30)/t18-/m1/s1. The van der Waals surface area contributed by atoms with Gasteiger partial charge in [0.2, 0.25) is 5.91 Å². The van der Waals surface area contributed by atoms with Crippen LogP contribution in [-0.4, -0.2) is 71.2 Å². The number of amides is 3. The van der Waals surface area contributed by atoms with E-state index in [1.165, 1.54) is 0 Å². The van der Waals surface area contributed by atoms with Crippen molar-refractivity contribution >= 4 is 22.8 Å². The molecule has 0 bridgehead atoms. The van der Waals surface area contributed by atoms with Gasteiger partial charge in [0.25, 0.3) is 0 Å². The molecule has 8 heteroatoms. The van der Waals surface area contributed by atoms with Crippen molar-refractivity contribution in [3.8, 4) is 5.75 Å². The average Bonchev–Trinajstić information content (AvgIpc) is 3.49. The van der Waals surface area contributed by atoms with Crippen LogP contribution >= 0.6 is 0 Å². The molecule has 31 heavy (non-hydrogen) atoms. The quantitative estimate of drug-likeness (QED) is 0.698. The molecule has 3 heterocycles. The summed E-state index contributed by atoms with van der Waals surface area (Å²) in [5.74, 6) is 0.932. The van der Waals surface area contributed by atoms with E-state index >= 15 is 0 Å². The number of urea groups is 1. The highest BCUT2D eigenvalue weighted by molar-refractivity contribution is 5.90. The van der Waals surface area contributed by atoms with Crippen molar-refractivity contribution in [3.05, 3.63) is 29.5 Å². The van der Waals surface area contributed by atoms with Crippen LogP contribution < -0.4 is 10.1 Å². The van der Waals surface area contributed by atoms with Crippen molar-refractivity contribution in [2.45, 2.75) is 44.2 Å². The van der Waals surface area contributed by atoms with Gasteiger partial charge in [0.15, 0.2) is 0 Å². The molecular weight excluding hydrogens is 396 g/mol. The summed E-state index contributed by atoms with van der Waals surface area (Å²) >= 11 is 0. The van der Waals surface area contributed by atoms with Crippen LogP contribution in [-0.2, 0) is 10.2 Å². The van der Waals surface area contributed by atoms with Crippen LogP contribution in [0.5, 0.6) is 5.75 Å². The lowest BCUT2D eigenvalue weighted by atomic mass is 9.68. The Kier molecular flexibility index (Phi) is 4.66. The topological polar surface area (TPSA) is 97.9 Å². The van der Waals surface area contributed by atoms with Crippen LogP contribution in [0.15, 0.2) is 18.2 Å². The molecule has 2 aliphatic heterocycles. The van der Waals surface area contributed by atoms with Crippen molar-refractivity contribution in [1.82, 2.24) is 20.1 Å². The normalized spacial score (nSPS) is 21.9. The van der Waals surface area contributed by atoms with Gasteiger partial charge >= 0.3 is 6.03 Å². The van der Waals surface area contributed by atoms with Crippen LogP contribution in [0.4, 0.5) is 4.79 Å². The van der Waals surface area contributed by atoms with Gasteiger partial charge in [-0.15, -0.1) is 0 Å². The third kappa shape index (κ3) is 3.15. The number of nitrogens with zero attached hydrogens (tertiary/aromatic N) is 2. The molecular formula is C23H30N4O4. The van der Waals surface area contributed by atoms with E-state index in [2.05, 4.69) is 10.3 Å². The van der Waals surface area contributed by atoms with Crippen molar-refractivity contribution in [1.29, 1.82) is 0 Å². The second-order valence-corrected chi connectivity index (χ2v) is 9.50. The summed E-state index contributed by atoms with van der Waals surface area (Å²) in [6.07, 6.45) is 1.83. The van der Waals surface area contributed by atoms with Crippen LogP contribution in [0.2, 0.25) is 0 Å². The van der Waals surface area contributed by atoms with Gasteiger partial charge in [0, 0.05) is 54.3 Å². The second kappa shape index (κ2) is 7.15. The number of aromatic nitrogens is 1. The first kappa shape index (κ1) is 20.2. The summed E-state index contributed by atoms with van der Waals surface area (Å²) in [5.41, 5.74) is 2.59. The Hall–Kier alpha value is -2.74. The van der Waals surface area contributed by atoms with Gasteiger partial charge < -0.3 is 29.9 Å². The van der Waals surface area contributed by atoms with Crippen LogP contribution in [0, 0.1) is 5.92 Å². The Morgan fingerprint density at radius 1 is 1.29 bits per heavy atom. The van der Waals surface area contributed by atoms with Crippen LogP contribution in [0.25, 0.3) is 10.9 Å². The third-order valence-electron chi connectivity index (χ3n) is 6.82. The molecule has 3 amide bonds. The molecule has 5 rings (SSSR count). The van der Waals surface area contributed by atoms with E-state index in [-0.39, 0.29) is 35.9 Å². The molecule has 0 unspecified atom stereocenters. The van der Waals surface area contributed by atoms with Gasteiger partial charge in [-0.2, -0.15) is 0 Å². The predicted octanol–water partition coefficient (Wildman–Crippen LogP) is 2.13. The maximum atomic E-state index is 13.1. The maximum absolute atomic E-state index is 13.1. The lowest BCUT2D eigenvalue weighted by Crippen LogP contribution is -2.69. The highest BCUT2D eigenvalue weighted by Crippen LogP contribution is 2.49. The van der Waals surface area contributed by atoms with Crippen LogP contribution in [0.1, 0.15) is 44.0 Å². The number of benzene rings is 1. The molecule has 3 aliphatic rings. The number of aromatic amines is 1. The lowest BCUT2D eigenvalue weighted by Gasteiger charge is -2.56. The minimum atomic E-state index is -0.398. The fourth-order valence-corrected chi connectivity index (χ4v) is 5.23. The van der Waals surface area contributed by atoms with Crippen molar-refractivity contribution < 1.29 is 19.4 Å². The highest BCUT2D eigenvalue weighted by atomic mass is 16.5. The van der Waals surface area contributed by atoms with E-state index in [0.717, 1.165) is 40.8 Å². The first-order valence-corrected chi connectivity index (χ1v) is 11.0. The van der Waals surface area contributed by atoms with E-state index in [1.807, 2.05) is 41.8 Å². The Morgan fingerprint density at radius 3 is 2.65 bits per heavy atom. The van der Waals surface area contributed by atoms with Gasteiger partial charge in [-0.25, -0.2) is 4.79 Å². The Bertz CT molecular complexity index is 1040. The van der Waals surface area contributed by atoms with Gasteiger partial charge in [-0.3, -0.25) is 4.79 Å². The summed E-state index contributed by atoms with van der Waals surface area (Å²) < 4.78 is 5.39. The number of fused-ring (bicyclic) bond motifs is 4. The number of H-pyrrole nitrogens is 1. The predicted molar refractivity (Wildman–Crippen MR) is 116 cm³/mol. The van der Waals surface area contributed by atoms with Gasteiger partial charge in [-0.05, 0) is 44.4 Å². The molecule has 3 N–H and O–H groups in total. The monoisotopic (exact) mass is 426 g/mol. The number of likely N-dealkylation sites (tertiary alicyclic amines) is 1. The molecule has 1 aromatic heterocycles. The number of aliphatic hydroxyl groups is 1. The maximum Gasteiger partial charge on any atom is 0.317 e. The number of carbonyl (C=O) groups excluding carboxylic acids is 2. The number of nitrogens with one attached hydrogen (secondary N) is 2. The summed E-state index contributed by atoms with van der Waals surface area (Å²) in [5, 5.41) is 14.3. The largest absolute Gasteiger partial charge is 0.497 e. The number of ether oxygens (including phenoxy) is 1. The van der Waals surface area contributed by atoms with Gasteiger partial charge in [0.1, 0.15) is 5.75 Å². The molecule has 1 aliphatic carbocycles. The molecule has 166 valence electrons. The summed E-state index contributed by atoms with van der Waals surface area (Å²) in [4.78, 5) is 32.9. The first-order chi connectivity index (χ1) is 14.9. The molecule has 1 spiro atoms. The Balaban J connectivity index is 1.58. The number of hydrogen-bond acceptors (Lipinski definition) is 4. The van der Waals surface area contributed by atoms with Crippen molar-refractivity contribution in [2.75, 3.05) is 33.4 Å². The second-order valence-electron chi connectivity index (χ2n) is 9.50. The van der Waals surface area contributed by atoms with E-state index in [1.54, 1.807) is 7.11 Å². The highest BCUT2D eigenvalue weighted by Gasteiger charge is 2.56. The molecule has 1 saturated carbocycles. The molecule has 2 fully saturated rings. The Morgan fingerprint density at radius 2 is 2.03 bits per heavy atom. The number of hydrogen-bond donors (Lipinski definition) is 3. The third-order valence-corrected chi connectivity index (χ3v) is 6.82. The number of aliphatic hydroxyl groups excluding tert-OH is 1. The van der Waals surface area contributed by atoms with E-state index in [0.29, 0.717) is 19.6 Å². The molecule has 1 aromatic carbocycles. The number of rotatable bonds is 4. The minimum absolute atomic E-state index is 0.0672. The van der Waals surface area contributed by atoms with Gasteiger partial charge in [0.05, 0.1) is 25.2 Å². The smallest absolute Gasteiger partial charge is 0.317 e. The average molecular weight is 427 g/mol. The fourth-order valence-electron chi connectivity index (χ4n) is 5.23. The van der Waals surface area contributed by atoms with E-state index in [4.69, 9.17) is 4.74 Å². The zero-order valence-corrected chi connectivity index (χ0v) is 18.3. The first-order valence-electron chi connectivity index (χ1n) is 11.0. The molecule has 1 atom stereocenters. The zero-order chi connectivity index (χ0) is 21.9. The van der Waals surface area contributed by atoms with Crippen molar-refractivity contribution in [3.63, 3.8) is 0 Å². The minimum Gasteiger partial charge on any atom is -0.497 e. The van der Waals surface area contributed by atoms with Crippen molar-refractivity contribution in [2.24, 2.45) is 5.92 Å². The van der Waals surface area contributed by atoms with Crippen LogP contribution in [0.3, 0.4) is 0 Å². The molecule has 2 aromatic rings. The van der Waals surface area contributed by atoms with Gasteiger partial charge in [-0.1, -0.05) is 0 Å². The molecule has 8 nitrogen and oxygen atoms in total. The Labute approximate surface area is 181 Å². The van der Waals surface area contributed by atoms with E-state index in [9.17, 15) is 14.7 Å². The fraction of sp³-hybridized carbons (Fsp3) is 0.565. The summed E-state index contributed by atoms with van der Waals surface area (Å²) in [7, 11) is 1.63. The SMILES string of the molecule is COc1ccc2c3c([nH]c2c1)[C@@H](CO)N(C(=O)C1CC1)CC31CN(C(=O)NC(C)C)C1. The summed E-state index contributed by atoms with van der Waals surface area (Å²) in [6.45, 7) is 5.37. The molecule has 0 radical (unpaired) electrons.